The first-order chi connectivity index (χ1) is 7.88. The maximum Gasteiger partial charge on any atom is 0.209 e. The lowest BCUT2D eigenvalue weighted by molar-refractivity contribution is 0.307. The van der Waals surface area contributed by atoms with E-state index in [0.29, 0.717) is 19.4 Å². The molecule has 96 valence electrons. The van der Waals surface area contributed by atoms with Gasteiger partial charge in [-0.05, 0) is 38.3 Å². The van der Waals surface area contributed by atoms with Crippen molar-refractivity contribution in [1.29, 1.82) is 0 Å². The highest BCUT2D eigenvalue weighted by atomic mass is 32.2. The Labute approximate surface area is 103 Å². The zero-order valence-corrected chi connectivity index (χ0v) is 11.1. The molecule has 1 rings (SSSR count). The van der Waals surface area contributed by atoms with E-state index in [9.17, 15) is 8.42 Å². The molecular weight excluding hydrogens is 238 g/mol. The molecule has 0 aliphatic carbocycles. The second-order valence-corrected chi connectivity index (χ2v) is 5.93. The normalized spacial score (nSPS) is 11.5. The van der Waals surface area contributed by atoms with E-state index in [0.717, 1.165) is 11.3 Å². The largest absolute Gasteiger partial charge is 0.493 e. The fraction of sp³-hybridized carbons (Fsp3) is 0.500. The number of hydrogen-bond acceptors (Lipinski definition) is 3. The lowest BCUT2D eigenvalue weighted by Crippen LogP contribution is -2.16. The van der Waals surface area contributed by atoms with Crippen LogP contribution in [0, 0.1) is 13.8 Å². The Morgan fingerprint density at radius 2 is 1.94 bits per heavy atom. The van der Waals surface area contributed by atoms with Crippen LogP contribution in [0.25, 0.3) is 0 Å². The van der Waals surface area contributed by atoms with Gasteiger partial charge in [0.05, 0.1) is 12.4 Å². The summed E-state index contributed by atoms with van der Waals surface area (Å²) in [7, 11) is -3.34. The van der Waals surface area contributed by atoms with Crippen molar-refractivity contribution in [3.05, 3.63) is 29.3 Å². The summed E-state index contributed by atoms with van der Waals surface area (Å²) in [6.07, 6.45) is 1.22. The lowest BCUT2D eigenvalue weighted by atomic mass is 10.1. The molecule has 1 aromatic carbocycles. The quantitative estimate of drug-likeness (QED) is 0.789. The predicted molar refractivity (Wildman–Crippen MR) is 68.6 cm³/mol. The SMILES string of the molecule is Cc1ccc(OCCCCS(N)(=O)=O)c(C)c1. The molecule has 0 radical (unpaired) electrons. The molecule has 1 aromatic rings. The van der Waals surface area contributed by atoms with E-state index in [2.05, 4.69) is 6.07 Å². The number of primary sulfonamides is 1. The second-order valence-electron chi connectivity index (χ2n) is 4.19. The van der Waals surface area contributed by atoms with Gasteiger partial charge in [-0.2, -0.15) is 0 Å². The van der Waals surface area contributed by atoms with Crippen molar-refractivity contribution >= 4 is 10.0 Å². The monoisotopic (exact) mass is 257 g/mol. The van der Waals surface area contributed by atoms with Crippen molar-refractivity contribution < 1.29 is 13.2 Å². The minimum atomic E-state index is -3.34. The molecule has 0 aromatic heterocycles. The topological polar surface area (TPSA) is 69.4 Å². The molecule has 0 atom stereocenters. The highest BCUT2D eigenvalue weighted by molar-refractivity contribution is 7.89. The Morgan fingerprint density at radius 3 is 2.53 bits per heavy atom. The highest BCUT2D eigenvalue weighted by Gasteiger charge is 2.03. The number of unbranched alkanes of at least 4 members (excludes halogenated alkanes) is 1. The van der Waals surface area contributed by atoms with Crippen LogP contribution in [0.1, 0.15) is 24.0 Å². The molecule has 4 nitrogen and oxygen atoms in total. The Hall–Kier alpha value is -1.07. The third-order valence-corrected chi connectivity index (χ3v) is 3.27. The minimum Gasteiger partial charge on any atom is -0.493 e. The summed E-state index contributed by atoms with van der Waals surface area (Å²) in [6, 6.07) is 5.98. The van der Waals surface area contributed by atoms with Gasteiger partial charge in [-0.25, -0.2) is 13.6 Å². The van der Waals surface area contributed by atoms with Crippen molar-refractivity contribution in [2.45, 2.75) is 26.7 Å². The first kappa shape index (κ1) is 14.0. The number of aryl methyl sites for hydroxylation is 2. The molecule has 0 unspecified atom stereocenters. The Morgan fingerprint density at radius 1 is 1.24 bits per heavy atom. The molecule has 0 heterocycles. The molecular formula is C12H19NO3S. The third kappa shape index (κ3) is 5.70. The summed E-state index contributed by atoms with van der Waals surface area (Å²) in [5.74, 6) is 0.870. The Kier molecular flexibility index (Phi) is 4.96. The number of benzene rings is 1. The highest BCUT2D eigenvalue weighted by Crippen LogP contribution is 2.18. The van der Waals surface area contributed by atoms with Crippen molar-refractivity contribution in [2.75, 3.05) is 12.4 Å². The average molecular weight is 257 g/mol. The van der Waals surface area contributed by atoms with Gasteiger partial charge in [0, 0.05) is 0 Å². The average Bonchev–Trinajstić information content (AvgIpc) is 2.18. The van der Waals surface area contributed by atoms with Gasteiger partial charge in [-0.3, -0.25) is 0 Å². The minimum absolute atomic E-state index is 0.0171. The molecule has 0 aliphatic heterocycles. The van der Waals surface area contributed by atoms with E-state index >= 15 is 0 Å². The van der Waals surface area contributed by atoms with E-state index in [1.165, 1.54) is 5.56 Å². The number of rotatable bonds is 6. The second kappa shape index (κ2) is 6.02. The first-order valence-electron chi connectivity index (χ1n) is 5.59. The lowest BCUT2D eigenvalue weighted by Gasteiger charge is -2.09. The fourth-order valence-corrected chi connectivity index (χ4v) is 2.16. The van der Waals surface area contributed by atoms with Gasteiger partial charge in [0.1, 0.15) is 5.75 Å². The molecule has 0 spiro atoms. The van der Waals surface area contributed by atoms with Crippen molar-refractivity contribution in [2.24, 2.45) is 5.14 Å². The van der Waals surface area contributed by atoms with E-state index in [4.69, 9.17) is 9.88 Å². The van der Waals surface area contributed by atoms with Crippen LogP contribution >= 0.6 is 0 Å². The van der Waals surface area contributed by atoms with E-state index < -0.39 is 10.0 Å². The summed E-state index contributed by atoms with van der Waals surface area (Å²) in [4.78, 5) is 0. The number of sulfonamides is 1. The van der Waals surface area contributed by atoms with Gasteiger partial charge in [0.2, 0.25) is 10.0 Å². The first-order valence-corrected chi connectivity index (χ1v) is 7.30. The van der Waals surface area contributed by atoms with Crippen LogP contribution in [0.3, 0.4) is 0 Å². The molecule has 0 aliphatic rings. The molecule has 0 bridgehead atoms. The molecule has 2 N–H and O–H groups in total. The van der Waals surface area contributed by atoms with Gasteiger partial charge in [-0.1, -0.05) is 17.7 Å². The van der Waals surface area contributed by atoms with Crippen LogP contribution in [-0.2, 0) is 10.0 Å². The van der Waals surface area contributed by atoms with Crippen molar-refractivity contribution in [1.82, 2.24) is 0 Å². The zero-order valence-electron chi connectivity index (χ0n) is 10.3. The fourth-order valence-electron chi connectivity index (χ4n) is 1.55. The number of hydrogen-bond donors (Lipinski definition) is 1. The van der Waals surface area contributed by atoms with Crippen molar-refractivity contribution in [3.63, 3.8) is 0 Å². The summed E-state index contributed by atoms with van der Waals surface area (Å²) in [5, 5.41) is 4.90. The Balaban J connectivity index is 2.32. The van der Waals surface area contributed by atoms with Gasteiger partial charge < -0.3 is 4.74 Å². The summed E-state index contributed by atoms with van der Waals surface area (Å²) in [6.45, 7) is 4.54. The van der Waals surface area contributed by atoms with Crippen LogP contribution in [0.15, 0.2) is 18.2 Å². The van der Waals surface area contributed by atoms with E-state index in [-0.39, 0.29) is 5.75 Å². The van der Waals surface area contributed by atoms with Gasteiger partial charge in [-0.15, -0.1) is 0 Å². The van der Waals surface area contributed by atoms with Crippen LogP contribution < -0.4 is 9.88 Å². The Bertz CT molecular complexity index is 469. The molecule has 17 heavy (non-hydrogen) atoms. The van der Waals surface area contributed by atoms with Gasteiger partial charge in [0.15, 0.2) is 0 Å². The van der Waals surface area contributed by atoms with Crippen LogP contribution in [-0.4, -0.2) is 20.8 Å². The van der Waals surface area contributed by atoms with Crippen LogP contribution in [0.4, 0.5) is 0 Å². The van der Waals surface area contributed by atoms with Gasteiger partial charge in [0.25, 0.3) is 0 Å². The predicted octanol–water partition coefficient (Wildman–Crippen LogP) is 1.75. The molecule has 0 fully saturated rings. The smallest absolute Gasteiger partial charge is 0.209 e. The molecule has 0 saturated heterocycles. The van der Waals surface area contributed by atoms with Crippen molar-refractivity contribution in [3.8, 4) is 5.75 Å². The maximum atomic E-state index is 10.7. The third-order valence-electron chi connectivity index (χ3n) is 2.41. The standard InChI is InChI=1S/C12H19NO3S/c1-10-5-6-12(11(2)9-10)16-7-3-4-8-17(13,14)15/h5-6,9H,3-4,7-8H2,1-2H3,(H2,13,14,15). The van der Waals surface area contributed by atoms with Crippen LogP contribution in [0.5, 0.6) is 5.75 Å². The van der Waals surface area contributed by atoms with Crippen LogP contribution in [0.2, 0.25) is 0 Å². The summed E-state index contributed by atoms with van der Waals surface area (Å²) in [5.41, 5.74) is 2.29. The number of nitrogens with two attached hydrogens (primary N) is 1. The molecule has 5 heteroatoms. The molecule has 0 amide bonds. The summed E-state index contributed by atoms with van der Waals surface area (Å²) >= 11 is 0. The van der Waals surface area contributed by atoms with Gasteiger partial charge >= 0.3 is 0 Å². The van der Waals surface area contributed by atoms with E-state index in [1.807, 2.05) is 26.0 Å². The molecule has 0 saturated carbocycles. The summed E-state index contributed by atoms with van der Waals surface area (Å²) < 4.78 is 27.0. The van der Waals surface area contributed by atoms with E-state index in [1.54, 1.807) is 0 Å². The zero-order chi connectivity index (χ0) is 12.9. The number of ether oxygens (including phenoxy) is 1. The maximum absolute atomic E-state index is 10.7.